The SMILES string of the molecule is Cc1nc2ccccn2c1C(O)=C1C(=O)C(=O)N(c2nnc(SCc3ccccc3Cl)s2)C1c1cccc([N+](=O)[O-])c1. The predicted molar refractivity (Wildman–Crippen MR) is 159 cm³/mol. The maximum absolute atomic E-state index is 13.6. The van der Waals surface area contributed by atoms with Gasteiger partial charge in [-0.15, -0.1) is 10.2 Å². The van der Waals surface area contributed by atoms with Gasteiger partial charge in [0, 0.05) is 29.1 Å². The number of hydrogen-bond donors (Lipinski definition) is 1. The van der Waals surface area contributed by atoms with Crippen LogP contribution in [0.1, 0.15) is 28.6 Å². The van der Waals surface area contributed by atoms with E-state index in [-0.39, 0.29) is 27.6 Å². The fourth-order valence-corrected chi connectivity index (χ4v) is 6.95. The van der Waals surface area contributed by atoms with Crippen molar-refractivity contribution in [3.8, 4) is 0 Å². The number of imidazole rings is 1. The Hall–Kier alpha value is -4.59. The van der Waals surface area contributed by atoms with E-state index in [1.165, 1.54) is 30.0 Å². The lowest BCUT2D eigenvalue weighted by atomic mass is 9.96. The summed E-state index contributed by atoms with van der Waals surface area (Å²) in [6.45, 7) is 1.67. The monoisotopic (exact) mass is 618 g/mol. The zero-order chi connectivity index (χ0) is 29.5. The Morgan fingerprint density at radius 1 is 1.12 bits per heavy atom. The second-order valence-electron chi connectivity index (χ2n) is 9.23. The van der Waals surface area contributed by atoms with Crippen molar-refractivity contribution in [2.75, 3.05) is 4.90 Å². The Kier molecular flexibility index (Phi) is 7.22. The van der Waals surface area contributed by atoms with Crippen LogP contribution in [0.5, 0.6) is 0 Å². The van der Waals surface area contributed by atoms with Gasteiger partial charge >= 0.3 is 5.91 Å². The van der Waals surface area contributed by atoms with Crippen molar-refractivity contribution in [1.82, 2.24) is 19.6 Å². The number of carbonyl (C=O) groups is 2. The summed E-state index contributed by atoms with van der Waals surface area (Å²) in [5.74, 6) is -1.87. The van der Waals surface area contributed by atoms with Gasteiger partial charge in [0.15, 0.2) is 10.1 Å². The molecule has 6 rings (SSSR count). The molecule has 0 bridgehead atoms. The summed E-state index contributed by atoms with van der Waals surface area (Å²) < 4.78 is 2.12. The van der Waals surface area contributed by atoms with Crippen LogP contribution in [0.15, 0.2) is 82.8 Å². The average molecular weight is 619 g/mol. The Bertz CT molecular complexity index is 1940. The molecule has 1 aliphatic heterocycles. The number of ketones is 1. The van der Waals surface area contributed by atoms with E-state index in [1.54, 1.807) is 47.9 Å². The highest BCUT2D eigenvalue weighted by atomic mass is 35.5. The number of benzene rings is 2. The number of pyridine rings is 1. The van der Waals surface area contributed by atoms with Crippen LogP contribution in [-0.2, 0) is 15.3 Å². The van der Waals surface area contributed by atoms with Crippen LogP contribution in [0.2, 0.25) is 5.02 Å². The molecule has 0 radical (unpaired) electrons. The van der Waals surface area contributed by atoms with Gasteiger partial charge in [0.05, 0.1) is 22.2 Å². The lowest BCUT2D eigenvalue weighted by Gasteiger charge is -2.22. The van der Waals surface area contributed by atoms with Crippen LogP contribution in [0.25, 0.3) is 11.4 Å². The molecule has 0 saturated carbocycles. The zero-order valence-corrected chi connectivity index (χ0v) is 24.1. The quantitative estimate of drug-likeness (QED) is 0.0443. The van der Waals surface area contributed by atoms with E-state index in [9.17, 15) is 24.8 Å². The molecule has 11 nitrogen and oxygen atoms in total. The number of hydrogen-bond acceptors (Lipinski definition) is 10. The van der Waals surface area contributed by atoms with Gasteiger partial charge in [-0.2, -0.15) is 0 Å². The second kappa shape index (κ2) is 11.0. The molecule has 1 fully saturated rings. The third kappa shape index (κ3) is 4.81. The minimum Gasteiger partial charge on any atom is -0.505 e. The minimum absolute atomic E-state index is 0.101. The molecule has 1 N–H and O–H groups in total. The second-order valence-corrected chi connectivity index (χ2v) is 11.8. The van der Waals surface area contributed by atoms with Gasteiger partial charge in [-0.25, -0.2) is 4.98 Å². The van der Waals surface area contributed by atoms with Crippen molar-refractivity contribution in [3.05, 3.63) is 116 Å². The predicted octanol–water partition coefficient (Wildman–Crippen LogP) is 5.97. The first-order valence-electron chi connectivity index (χ1n) is 12.4. The van der Waals surface area contributed by atoms with Crippen LogP contribution in [0.3, 0.4) is 0 Å². The highest BCUT2D eigenvalue weighted by Crippen LogP contribution is 2.45. The Labute approximate surface area is 251 Å². The number of rotatable bonds is 7. The van der Waals surface area contributed by atoms with Gasteiger partial charge < -0.3 is 5.11 Å². The Balaban J connectivity index is 1.47. The highest BCUT2D eigenvalue weighted by molar-refractivity contribution is 8.00. The summed E-state index contributed by atoms with van der Waals surface area (Å²) in [7, 11) is 0. The molecule has 1 saturated heterocycles. The summed E-state index contributed by atoms with van der Waals surface area (Å²) >= 11 is 8.71. The number of aryl methyl sites for hydroxylation is 1. The number of fused-ring (bicyclic) bond motifs is 1. The Morgan fingerprint density at radius 2 is 1.90 bits per heavy atom. The number of non-ortho nitro benzene ring substituents is 1. The summed E-state index contributed by atoms with van der Waals surface area (Å²) in [5.41, 5.74) is 1.84. The molecular weight excluding hydrogens is 600 g/mol. The first kappa shape index (κ1) is 27.6. The van der Waals surface area contributed by atoms with Gasteiger partial charge in [-0.3, -0.25) is 29.0 Å². The highest BCUT2D eigenvalue weighted by Gasteiger charge is 2.49. The smallest absolute Gasteiger partial charge is 0.301 e. The van der Waals surface area contributed by atoms with E-state index < -0.39 is 28.4 Å². The third-order valence-corrected chi connectivity index (χ3v) is 9.15. The van der Waals surface area contributed by atoms with E-state index in [0.717, 1.165) is 21.8 Å². The van der Waals surface area contributed by atoms with E-state index in [1.807, 2.05) is 18.2 Å². The molecule has 0 aliphatic carbocycles. The topological polar surface area (TPSA) is 144 Å². The molecule has 210 valence electrons. The van der Waals surface area contributed by atoms with Crippen molar-refractivity contribution >= 4 is 68.6 Å². The molecule has 1 atom stereocenters. The van der Waals surface area contributed by atoms with E-state index >= 15 is 0 Å². The number of aliphatic hydroxyl groups excluding tert-OH is 1. The molecule has 1 amide bonds. The lowest BCUT2D eigenvalue weighted by Crippen LogP contribution is -2.29. The Morgan fingerprint density at radius 3 is 2.69 bits per heavy atom. The zero-order valence-electron chi connectivity index (χ0n) is 21.7. The number of Topliss-reactive ketones (excluding diaryl/α,β-unsaturated/α-hetero) is 1. The first-order chi connectivity index (χ1) is 20.2. The van der Waals surface area contributed by atoms with Crippen molar-refractivity contribution < 1.29 is 19.6 Å². The fraction of sp³-hybridized carbons (Fsp3) is 0.107. The molecule has 1 unspecified atom stereocenters. The number of nitrogens with zero attached hydrogens (tertiary/aromatic N) is 6. The summed E-state index contributed by atoms with van der Waals surface area (Å²) in [4.78, 5) is 43.8. The normalized spacial score (nSPS) is 16.4. The number of nitro benzene ring substituents is 1. The average Bonchev–Trinajstić information content (AvgIpc) is 3.66. The van der Waals surface area contributed by atoms with Crippen LogP contribution in [-0.4, -0.2) is 41.3 Å². The summed E-state index contributed by atoms with van der Waals surface area (Å²) in [6, 6.07) is 17.0. The van der Waals surface area contributed by atoms with Gasteiger partial charge in [0.25, 0.3) is 11.5 Å². The maximum Gasteiger partial charge on any atom is 0.301 e. The standard InChI is InChI=1S/C28H19ClN6O5S2/c1-15-22(33-12-5-4-11-20(33)30-15)24(36)21-23(16-8-6-9-18(13-16)35(39)40)34(26(38)25(21)37)27-31-32-28(42-27)41-14-17-7-2-3-10-19(17)29/h2-13,23,36H,14H2,1H3. The van der Waals surface area contributed by atoms with Gasteiger partial charge in [0.2, 0.25) is 5.13 Å². The van der Waals surface area contributed by atoms with E-state index in [2.05, 4.69) is 15.2 Å². The molecule has 2 aromatic carbocycles. The number of aliphatic hydroxyl groups is 1. The van der Waals surface area contributed by atoms with Crippen LogP contribution < -0.4 is 4.90 Å². The molecule has 4 heterocycles. The van der Waals surface area contributed by atoms with Crippen LogP contribution in [0, 0.1) is 17.0 Å². The van der Waals surface area contributed by atoms with E-state index in [4.69, 9.17) is 11.6 Å². The number of amides is 1. The van der Waals surface area contributed by atoms with Crippen molar-refractivity contribution in [2.45, 2.75) is 23.1 Å². The van der Waals surface area contributed by atoms with Gasteiger partial charge in [0.1, 0.15) is 11.3 Å². The van der Waals surface area contributed by atoms with E-state index in [0.29, 0.717) is 26.5 Å². The number of nitro groups is 1. The van der Waals surface area contributed by atoms with Crippen molar-refractivity contribution in [3.63, 3.8) is 0 Å². The van der Waals surface area contributed by atoms with Gasteiger partial charge in [-0.05, 0) is 36.2 Å². The molecule has 5 aromatic rings. The van der Waals surface area contributed by atoms with Crippen molar-refractivity contribution in [1.29, 1.82) is 0 Å². The number of halogens is 1. The van der Waals surface area contributed by atoms with Crippen molar-refractivity contribution in [2.24, 2.45) is 0 Å². The third-order valence-electron chi connectivity index (χ3n) is 6.68. The molecule has 42 heavy (non-hydrogen) atoms. The molecule has 3 aromatic heterocycles. The molecule has 1 aliphatic rings. The van der Waals surface area contributed by atoms with Gasteiger partial charge in [-0.1, -0.05) is 71.1 Å². The first-order valence-corrected chi connectivity index (χ1v) is 14.6. The summed E-state index contributed by atoms with van der Waals surface area (Å²) in [5, 5.41) is 32.3. The fourth-order valence-electron chi connectivity index (χ4n) is 4.79. The summed E-state index contributed by atoms with van der Waals surface area (Å²) in [6.07, 6.45) is 1.68. The number of carbonyl (C=O) groups excluding carboxylic acids is 2. The number of aromatic nitrogens is 4. The minimum atomic E-state index is -1.21. The molecule has 14 heteroatoms. The molecular formula is C28H19ClN6O5S2. The van der Waals surface area contributed by atoms with Crippen LogP contribution >= 0.6 is 34.7 Å². The van der Waals surface area contributed by atoms with Crippen LogP contribution in [0.4, 0.5) is 10.8 Å². The largest absolute Gasteiger partial charge is 0.505 e. The molecule has 0 spiro atoms. The maximum atomic E-state index is 13.6. The number of anilines is 1. The number of thioether (sulfide) groups is 1. The lowest BCUT2D eigenvalue weighted by molar-refractivity contribution is -0.384.